The Morgan fingerprint density at radius 2 is 2.05 bits per heavy atom. The fourth-order valence-corrected chi connectivity index (χ4v) is 2.07. The van der Waals surface area contributed by atoms with Crippen molar-refractivity contribution >= 4 is 0 Å². The van der Waals surface area contributed by atoms with Crippen LogP contribution < -0.4 is 5.32 Å². The van der Waals surface area contributed by atoms with Crippen LogP contribution in [0.4, 0.5) is 8.78 Å². The van der Waals surface area contributed by atoms with Crippen LogP contribution in [0, 0.1) is 18.6 Å². The van der Waals surface area contributed by atoms with E-state index < -0.39 is 11.6 Å². The van der Waals surface area contributed by atoms with Crippen LogP contribution in [0.15, 0.2) is 22.6 Å². The van der Waals surface area contributed by atoms with Gasteiger partial charge in [-0.25, -0.2) is 8.78 Å². The zero-order valence-electron chi connectivity index (χ0n) is 11.7. The average molecular weight is 281 g/mol. The summed E-state index contributed by atoms with van der Waals surface area (Å²) in [5.74, 6) is 0.0130. The molecule has 6 heteroatoms. The van der Waals surface area contributed by atoms with Crippen LogP contribution in [-0.2, 0) is 0 Å². The van der Waals surface area contributed by atoms with Crippen molar-refractivity contribution in [2.24, 2.45) is 0 Å². The van der Waals surface area contributed by atoms with Crippen LogP contribution in [0.25, 0.3) is 0 Å². The van der Waals surface area contributed by atoms with Gasteiger partial charge < -0.3 is 4.42 Å². The zero-order valence-corrected chi connectivity index (χ0v) is 11.7. The van der Waals surface area contributed by atoms with Gasteiger partial charge >= 0.3 is 0 Å². The van der Waals surface area contributed by atoms with E-state index in [1.165, 1.54) is 6.07 Å². The first-order valence-electron chi connectivity index (χ1n) is 6.52. The number of nitrogens with one attached hydrogen (secondary N) is 1. The Kier molecular flexibility index (Phi) is 4.44. The van der Waals surface area contributed by atoms with Gasteiger partial charge in [-0.05, 0) is 31.5 Å². The number of rotatable bonds is 5. The minimum Gasteiger partial charge on any atom is -0.424 e. The van der Waals surface area contributed by atoms with E-state index in [2.05, 4.69) is 15.5 Å². The van der Waals surface area contributed by atoms with Gasteiger partial charge in [-0.2, -0.15) is 0 Å². The Morgan fingerprint density at radius 3 is 2.65 bits per heavy atom. The highest BCUT2D eigenvalue weighted by Crippen LogP contribution is 2.24. The molecule has 0 aliphatic carbocycles. The van der Waals surface area contributed by atoms with E-state index in [1.54, 1.807) is 6.92 Å². The van der Waals surface area contributed by atoms with Gasteiger partial charge in [0.2, 0.25) is 11.8 Å². The number of hydrogen-bond acceptors (Lipinski definition) is 4. The first-order chi connectivity index (χ1) is 9.51. The lowest BCUT2D eigenvalue weighted by Gasteiger charge is -2.21. The topological polar surface area (TPSA) is 51.0 Å². The second kappa shape index (κ2) is 6.09. The monoisotopic (exact) mass is 281 g/mol. The van der Waals surface area contributed by atoms with Crippen LogP contribution in [0.5, 0.6) is 0 Å². The molecule has 2 atom stereocenters. The van der Waals surface area contributed by atoms with Crippen LogP contribution in [-0.4, -0.2) is 10.2 Å². The second-order valence-corrected chi connectivity index (χ2v) is 4.67. The van der Waals surface area contributed by atoms with E-state index >= 15 is 0 Å². The normalized spacial score (nSPS) is 14.2. The number of halogens is 2. The van der Waals surface area contributed by atoms with Gasteiger partial charge in [0.1, 0.15) is 11.6 Å². The first kappa shape index (κ1) is 14.6. The van der Waals surface area contributed by atoms with Gasteiger partial charge in [0.05, 0.1) is 6.04 Å². The van der Waals surface area contributed by atoms with Crippen LogP contribution in [0.2, 0.25) is 0 Å². The molecule has 0 radical (unpaired) electrons. The van der Waals surface area contributed by atoms with Gasteiger partial charge in [-0.1, -0.05) is 6.92 Å². The molecule has 2 rings (SSSR count). The van der Waals surface area contributed by atoms with E-state index in [0.717, 1.165) is 12.1 Å². The molecule has 1 aromatic carbocycles. The minimum atomic E-state index is -0.456. The largest absolute Gasteiger partial charge is 0.424 e. The molecule has 0 fully saturated rings. The van der Waals surface area contributed by atoms with E-state index in [1.807, 2.05) is 13.8 Å². The van der Waals surface area contributed by atoms with Crippen molar-refractivity contribution in [2.45, 2.75) is 39.3 Å². The predicted molar refractivity (Wildman–Crippen MR) is 70.0 cm³/mol. The van der Waals surface area contributed by atoms with Gasteiger partial charge in [0.15, 0.2) is 0 Å². The third-order valence-electron chi connectivity index (χ3n) is 3.10. The summed E-state index contributed by atoms with van der Waals surface area (Å²) < 4.78 is 32.4. The maximum absolute atomic E-state index is 13.8. The van der Waals surface area contributed by atoms with Gasteiger partial charge in [0, 0.05) is 18.5 Å². The molecule has 108 valence electrons. The molecule has 2 aromatic rings. The summed E-state index contributed by atoms with van der Waals surface area (Å²) >= 11 is 0. The molecule has 20 heavy (non-hydrogen) atoms. The van der Waals surface area contributed by atoms with E-state index in [-0.39, 0.29) is 12.1 Å². The molecule has 1 heterocycles. The molecule has 0 aliphatic rings. The van der Waals surface area contributed by atoms with Gasteiger partial charge in [-0.15, -0.1) is 10.2 Å². The van der Waals surface area contributed by atoms with Crippen molar-refractivity contribution in [3.05, 3.63) is 47.2 Å². The van der Waals surface area contributed by atoms with E-state index in [9.17, 15) is 8.78 Å². The smallest absolute Gasteiger partial charge is 0.233 e. The van der Waals surface area contributed by atoms with Crippen molar-refractivity contribution < 1.29 is 13.2 Å². The third kappa shape index (κ3) is 3.19. The third-order valence-corrected chi connectivity index (χ3v) is 3.10. The van der Waals surface area contributed by atoms with Gasteiger partial charge in [0.25, 0.3) is 0 Å². The summed E-state index contributed by atoms with van der Waals surface area (Å²) in [4.78, 5) is 0. The number of benzene rings is 1. The fourth-order valence-electron chi connectivity index (χ4n) is 2.07. The Balaban J connectivity index is 2.18. The summed E-state index contributed by atoms with van der Waals surface area (Å²) in [6.07, 6.45) is 0.609. The van der Waals surface area contributed by atoms with Crippen LogP contribution >= 0.6 is 0 Å². The lowest BCUT2D eigenvalue weighted by Crippen LogP contribution is -2.25. The number of nitrogens with zero attached hydrogens (tertiary/aromatic N) is 2. The molecule has 0 saturated heterocycles. The van der Waals surface area contributed by atoms with Crippen LogP contribution in [0.1, 0.15) is 49.7 Å². The average Bonchev–Trinajstić information content (AvgIpc) is 2.85. The van der Waals surface area contributed by atoms with E-state index in [4.69, 9.17) is 4.42 Å². The van der Waals surface area contributed by atoms with Crippen molar-refractivity contribution in [3.8, 4) is 0 Å². The minimum absolute atomic E-state index is 0.246. The predicted octanol–water partition coefficient (Wildman–Crippen LogP) is 3.46. The van der Waals surface area contributed by atoms with Crippen molar-refractivity contribution in [2.75, 3.05) is 0 Å². The highest BCUT2D eigenvalue weighted by molar-refractivity contribution is 5.22. The summed E-state index contributed by atoms with van der Waals surface area (Å²) in [6.45, 7) is 5.44. The molecule has 0 bridgehead atoms. The lowest BCUT2D eigenvalue weighted by atomic mass is 10.0. The van der Waals surface area contributed by atoms with E-state index in [0.29, 0.717) is 23.8 Å². The molecule has 0 spiro atoms. The molecular weight excluding hydrogens is 264 g/mol. The maximum atomic E-state index is 13.8. The summed E-state index contributed by atoms with van der Waals surface area (Å²) in [6, 6.07) is 2.88. The highest BCUT2D eigenvalue weighted by atomic mass is 19.1. The standard InChI is InChI=1S/C14H17F2N3O/c1-4-13(11-7-10(15)5-6-12(11)16)17-8(2)14-19-18-9(3)20-14/h5-8,13,17H,4H2,1-3H3/t8-,13-/m1/s1. The SMILES string of the molecule is CC[C@@H](N[C@H](C)c1nnc(C)o1)c1cc(F)ccc1F. The van der Waals surface area contributed by atoms with Crippen molar-refractivity contribution in [1.29, 1.82) is 0 Å². The second-order valence-electron chi connectivity index (χ2n) is 4.67. The van der Waals surface area contributed by atoms with Gasteiger partial charge in [-0.3, -0.25) is 5.32 Å². The Hall–Kier alpha value is -1.82. The number of aryl methyl sites for hydroxylation is 1. The zero-order chi connectivity index (χ0) is 14.7. The molecule has 0 saturated carbocycles. The molecule has 4 nitrogen and oxygen atoms in total. The molecule has 0 aliphatic heterocycles. The summed E-state index contributed by atoms with van der Waals surface area (Å²) in [5.41, 5.74) is 0.301. The maximum Gasteiger partial charge on any atom is 0.233 e. The molecule has 1 N–H and O–H groups in total. The first-order valence-corrected chi connectivity index (χ1v) is 6.52. The number of hydrogen-bond donors (Lipinski definition) is 1. The molecule has 0 amide bonds. The van der Waals surface area contributed by atoms with Crippen molar-refractivity contribution in [1.82, 2.24) is 15.5 Å². The summed E-state index contributed by atoms with van der Waals surface area (Å²) in [5, 5.41) is 10.9. The fraction of sp³-hybridized carbons (Fsp3) is 0.429. The molecule has 1 aromatic heterocycles. The quantitative estimate of drug-likeness (QED) is 0.912. The Labute approximate surface area is 116 Å². The Bertz CT molecular complexity index is 586. The lowest BCUT2D eigenvalue weighted by molar-refractivity contribution is 0.362. The van der Waals surface area contributed by atoms with Crippen molar-refractivity contribution in [3.63, 3.8) is 0 Å². The van der Waals surface area contributed by atoms with Crippen LogP contribution in [0.3, 0.4) is 0 Å². The Morgan fingerprint density at radius 1 is 1.30 bits per heavy atom. The summed E-state index contributed by atoms with van der Waals surface area (Å²) in [7, 11) is 0. The highest BCUT2D eigenvalue weighted by Gasteiger charge is 2.20. The molecular formula is C14H17F2N3O. The number of aromatic nitrogens is 2. The molecule has 0 unspecified atom stereocenters.